The second-order valence-corrected chi connectivity index (χ2v) is 4.51. The van der Waals surface area contributed by atoms with E-state index < -0.39 is 16.5 Å². The highest BCUT2D eigenvalue weighted by molar-refractivity contribution is 7.53. The molecule has 0 bridgehead atoms. The van der Waals surface area contributed by atoms with E-state index in [-0.39, 0.29) is 5.92 Å². The van der Waals surface area contributed by atoms with Crippen molar-refractivity contribution in [3.8, 4) is 0 Å². The molecule has 0 amide bonds. The Kier molecular flexibility index (Phi) is 3.16. The molecule has 0 aliphatic carbocycles. The molecule has 1 rings (SSSR count). The van der Waals surface area contributed by atoms with E-state index in [4.69, 9.17) is 9.05 Å². The predicted molar refractivity (Wildman–Crippen MR) is 37.4 cm³/mol. The maximum atomic E-state index is 11.1. The summed E-state index contributed by atoms with van der Waals surface area (Å²) in [7, 11) is -4.16. The topological polar surface area (TPSA) is 61.8 Å². The fourth-order valence-corrected chi connectivity index (χ4v) is 2.26. The van der Waals surface area contributed by atoms with Crippen LogP contribution < -0.4 is 0 Å². The fraction of sp³-hybridized carbons (Fsp3) is 1.00. The van der Waals surface area contributed by atoms with Gasteiger partial charge in [-0.05, 0) is 0 Å². The van der Waals surface area contributed by atoms with Gasteiger partial charge in [0, 0.05) is 5.92 Å². The van der Waals surface area contributed by atoms with E-state index >= 15 is 0 Å². The lowest BCUT2D eigenvalue weighted by atomic mass is 10.2. The van der Waals surface area contributed by atoms with Crippen LogP contribution in [0.15, 0.2) is 0 Å². The van der Waals surface area contributed by atoms with Crippen molar-refractivity contribution >= 4 is 16.5 Å². The Morgan fingerprint density at radius 1 is 1.55 bits per heavy atom. The molecular formula is C4H8O5P2. The average Bonchev–Trinajstić information content (AvgIpc) is 1.97. The zero-order valence-electron chi connectivity index (χ0n) is 5.93. The Morgan fingerprint density at radius 2 is 2.09 bits per heavy atom. The van der Waals surface area contributed by atoms with Crippen molar-refractivity contribution in [1.82, 2.24) is 0 Å². The Balaban J connectivity index is 2.48. The van der Waals surface area contributed by atoms with Crippen LogP contribution in [0.2, 0.25) is 0 Å². The van der Waals surface area contributed by atoms with Crippen molar-refractivity contribution in [2.24, 2.45) is 5.92 Å². The van der Waals surface area contributed by atoms with Gasteiger partial charge in [-0.3, -0.25) is 9.05 Å². The summed E-state index contributed by atoms with van der Waals surface area (Å²) in [5, 5.41) is 0. The van der Waals surface area contributed by atoms with Gasteiger partial charge in [-0.2, -0.15) is 4.31 Å². The summed E-state index contributed by atoms with van der Waals surface area (Å²) in [6.45, 7) is 2.51. The van der Waals surface area contributed by atoms with Gasteiger partial charge in [0.25, 0.3) is 0 Å². The van der Waals surface area contributed by atoms with E-state index in [1.54, 1.807) is 0 Å². The van der Waals surface area contributed by atoms with Crippen LogP contribution in [-0.4, -0.2) is 13.2 Å². The van der Waals surface area contributed by atoms with E-state index in [1.807, 2.05) is 6.92 Å². The van der Waals surface area contributed by atoms with Crippen LogP contribution in [0, 0.1) is 5.92 Å². The van der Waals surface area contributed by atoms with Crippen LogP contribution in [0.4, 0.5) is 0 Å². The average molecular weight is 198 g/mol. The number of phosphoric ester groups is 1. The maximum Gasteiger partial charge on any atom is 0.485 e. The van der Waals surface area contributed by atoms with Crippen LogP contribution in [0.1, 0.15) is 6.92 Å². The predicted octanol–water partition coefficient (Wildman–Crippen LogP) is 2.00. The summed E-state index contributed by atoms with van der Waals surface area (Å²) < 4.78 is 34.7. The molecule has 5 nitrogen and oxygen atoms in total. The number of hydrogen-bond donors (Lipinski definition) is 0. The molecule has 64 valence electrons. The van der Waals surface area contributed by atoms with Crippen molar-refractivity contribution in [1.29, 1.82) is 0 Å². The molecule has 0 radical (unpaired) electrons. The van der Waals surface area contributed by atoms with Gasteiger partial charge in [-0.25, -0.2) is 9.13 Å². The van der Waals surface area contributed by atoms with Crippen LogP contribution >= 0.6 is 16.5 Å². The van der Waals surface area contributed by atoms with E-state index in [2.05, 4.69) is 4.31 Å². The first kappa shape index (κ1) is 9.30. The lowest BCUT2D eigenvalue weighted by Gasteiger charge is -2.23. The summed E-state index contributed by atoms with van der Waals surface area (Å²) in [5.41, 5.74) is 0. The van der Waals surface area contributed by atoms with Crippen LogP contribution in [0.5, 0.6) is 0 Å². The SMILES string of the molecule is CC1COP(=O)(OP=O)OC1. The summed E-state index contributed by atoms with van der Waals surface area (Å²) in [6, 6.07) is 0. The van der Waals surface area contributed by atoms with Gasteiger partial charge >= 0.3 is 16.5 Å². The van der Waals surface area contributed by atoms with Crippen LogP contribution in [-0.2, 0) is 22.5 Å². The van der Waals surface area contributed by atoms with Gasteiger partial charge in [-0.1, -0.05) is 6.92 Å². The number of hydrogen-bond acceptors (Lipinski definition) is 5. The zero-order valence-corrected chi connectivity index (χ0v) is 7.72. The van der Waals surface area contributed by atoms with Gasteiger partial charge in [0.1, 0.15) is 0 Å². The van der Waals surface area contributed by atoms with Crippen LogP contribution in [0.3, 0.4) is 0 Å². The van der Waals surface area contributed by atoms with Gasteiger partial charge in [0.2, 0.25) is 0 Å². The Morgan fingerprint density at radius 3 is 2.55 bits per heavy atom. The van der Waals surface area contributed by atoms with Crippen molar-refractivity contribution < 1.29 is 22.5 Å². The molecule has 1 saturated heterocycles. The minimum atomic E-state index is -3.48. The highest BCUT2D eigenvalue weighted by atomic mass is 31.2. The Bertz CT molecular complexity index is 181. The third-order valence-electron chi connectivity index (χ3n) is 1.17. The first-order valence-corrected chi connectivity index (χ1v) is 5.26. The lowest BCUT2D eigenvalue weighted by Crippen LogP contribution is -2.18. The second-order valence-electron chi connectivity index (χ2n) is 2.30. The molecular weight excluding hydrogens is 190 g/mol. The van der Waals surface area contributed by atoms with Gasteiger partial charge in [0.15, 0.2) is 0 Å². The van der Waals surface area contributed by atoms with E-state index in [9.17, 15) is 9.13 Å². The molecule has 0 aromatic rings. The Hall–Kier alpha value is 0.210. The monoisotopic (exact) mass is 198 g/mol. The first-order valence-electron chi connectivity index (χ1n) is 3.07. The summed E-state index contributed by atoms with van der Waals surface area (Å²) in [4.78, 5) is 0. The molecule has 0 aromatic heterocycles. The van der Waals surface area contributed by atoms with Crippen molar-refractivity contribution in [2.75, 3.05) is 13.2 Å². The zero-order chi connectivity index (χ0) is 8.32. The smallest absolute Gasteiger partial charge is 0.286 e. The summed E-state index contributed by atoms with van der Waals surface area (Å²) >= 11 is 0. The molecule has 1 aliphatic rings. The van der Waals surface area contributed by atoms with E-state index in [0.717, 1.165) is 0 Å². The van der Waals surface area contributed by atoms with Gasteiger partial charge < -0.3 is 0 Å². The molecule has 0 atom stereocenters. The largest absolute Gasteiger partial charge is 0.485 e. The van der Waals surface area contributed by atoms with Crippen LogP contribution in [0.25, 0.3) is 0 Å². The minimum Gasteiger partial charge on any atom is -0.286 e. The molecule has 1 fully saturated rings. The molecule has 1 aliphatic heterocycles. The van der Waals surface area contributed by atoms with Crippen molar-refractivity contribution in [2.45, 2.75) is 6.92 Å². The normalized spacial score (nSPS) is 39.2. The molecule has 0 aromatic carbocycles. The number of phosphoric acid groups is 1. The lowest BCUT2D eigenvalue weighted by molar-refractivity contribution is 0.0719. The quantitative estimate of drug-likeness (QED) is 0.635. The first-order chi connectivity index (χ1) is 5.16. The van der Waals surface area contributed by atoms with Crippen molar-refractivity contribution in [3.63, 3.8) is 0 Å². The molecule has 0 unspecified atom stereocenters. The van der Waals surface area contributed by atoms with Gasteiger partial charge in [0.05, 0.1) is 13.2 Å². The van der Waals surface area contributed by atoms with Gasteiger partial charge in [-0.15, -0.1) is 0 Å². The molecule has 7 heteroatoms. The molecule has 0 N–H and O–H groups in total. The van der Waals surface area contributed by atoms with E-state index in [1.165, 1.54) is 0 Å². The van der Waals surface area contributed by atoms with Crippen molar-refractivity contribution in [3.05, 3.63) is 0 Å². The molecule has 0 spiro atoms. The molecule has 11 heavy (non-hydrogen) atoms. The standard InChI is InChI=1S/C4H8O5P2/c1-4-2-7-11(6,8-3-4)9-10-5/h4H,2-3H2,1H3. The molecule has 1 heterocycles. The highest BCUT2D eigenvalue weighted by Gasteiger charge is 2.33. The third kappa shape index (κ3) is 2.62. The minimum absolute atomic E-state index is 0.198. The second kappa shape index (κ2) is 3.74. The fourth-order valence-electron chi connectivity index (χ4n) is 0.610. The molecule has 0 saturated carbocycles. The number of rotatable bonds is 2. The van der Waals surface area contributed by atoms with E-state index in [0.29, 0.717) is 13.2 Å². The Labute approximate surface area is 65.9 Å². The maximum absolute atomic E-state index is 11.1. The third-order valence-corrected chi connectivity index (χ3v) is 3.16. The highest BCUT2D eigenvalue weighted by Crippen LogP contribution is 2.54. The summed E-state index contributed by atoms with van der Waals surface area (Å²) in [5.74, 6) is 0.198. The summed E-state index contributed by atoms with van der Waals surface area (Å²) in [6.07, 6.45) is 0.